The zero-order valence-electron chi connectivity index (χ0n) is 10.3. The fourth-order valence-electron chi connectivity index (χ4n) is 1.43. The Labute approximate surface area is 101 Å². The molecule has 0 saturated heterocycles. The van der Waals surface area contributed by atoms with Crippen molar-refractivity contribution in [3.8, 4) is 0 Å². The molecule has 1 unspecified atom stereocenters. The van der Waals surface area contributed by atoms with Crippen LogP contribution in [0.4, 0.5) is 0 Å². The van der Waals surface area contributed by atoms with E-state index in [4.69, 9.17) is 4.74 Å². The van der Waals surface area contributed by atoms with Crippen molar-refractivity contribution < 1.29 is 14.3 Å². The van der Waals surface area contributed by atoms with Gasteiger partial charge in [-0.05, 0) is 19.4 Å². The smallest absolute Gasteiger partial charge is 0.249 e. The van der Waals surface area contributed by atoms with E-state index in [-0.39, 0.29) is 11.7 Å². The Morgan fingerprint density at radius 2 is 1.82 bits per heavy atom. The van der Waals surface area contributed by atoms with E-state index in [0.717, 1.165) is 5.56 Å². The summed E-state index contributed by atoms with van der Waals surface area (Å²) in [7, 11) is 1.45. The number of ether oxygens (including phenoxy) is 1. The van der Waals surface area contributed by atoms with Crippen LogP contribution in [-0.2, 0) is 14.3 Å². The van der Waals surface area contributed by atoms with Gasteiger partial charge in [-0.3, -0.25) is 9.59 Å². The van der Waals surface area contributed by atoms with Gasteiger partial charge in [-0.2, -0.15) is 0 Å². The molecule has 0 spiro atoms. The number of carbonyl (C=O) groups excluding carboxylic acids is 2. The fraction of sp³-hybridized carbons (Fsp3) is 0.385. The molecule has 0 fully saturated rings. The van der Waals surface area contributed by atoms with E-state index >= 15 is 0 Å². The SMILES string of the molecule is COC(C)C(=O)N[C@@H](C(C)=O)c1ccccc1. The second-order valence-electron chi connectivity index (χ2n) is 3.84. The number of methoxy groups -OCH3 is 1. The lowest BCUT2D eigenvalue weighted by Gasteiger charge is -2.18. The molecule has 0 aliphatic heterocycles. The molecule has 4 nitrogen and oxygen atoms in total. The number of amides is 1. The molecule has 0 saturated carbocycles. The van der Waals surface area contributed by atoms with Crippen LogP contribution < -0.4 is 5.32 Å². The zero-order valence-corrected chi connectivity index (χ0v) is 10.3. The maximum atomic E-state index is 11.7. The highest BCUT2D eigenvalue weighted by atomic mass is 16.5. The summed E-state index contributed by atoms with van der Waals surface area (Å²) >= 11 is 0. The highest BCUT2D eigenvalue weighted by molar-refractivity contribution is 5.89. The second kappa shape index (κ2) is 6.15. The number of rotatable bonds is 5. The normalized spacial score (nSPS) is 13.8. The summed E-state index contributed by atoms with van der Waals surface area (Å²) < 4.78 is 4.91. The van der Waals surface area contributed by atoms with Gasteiger partial charge in [-0.25, -0.2) is 0 Å². The predicted molar refractivity (Wildman–Crippen MR) is 64.5 cm³/mol. The summed E-state index contributed by atoms with van der Waals surface area (Å²) in [5, 5.41) is 2.67. The van der Waals surface area contributed by atoms with Crippen LogP contribution in [0.15, 0.2) is 30.3 Å². The number of hydrogen-bond donors (Lipinski definition) is 1. The number of nitrogens with one attached hydrogen (secondary N) is 1. The molecule has 0 aliphatic rings. The Morgan fingerprint density at radius 3 is 2.29 bits per heavy atom. The molecule has 17 heavy (non-hydrogen) atoms. The number of carbonyl (C=O) groups is 2. The molecule has 4 heteroatoms. The van der Waals surface area contributed by atoms with E-state index in [1.165, 1.54) is 14.0 Å². The predicted octanol–water partition coefficient (Wildman–Crippen LogP) is 1.47. The van der Waals surface area contributed by atoms with Crippen LogP contribution in [0, 0.1) is 0 Å². The first-order chi connectivity index (χ1) is 8.06. The third-order valence-electron chi connectivity index (χ3n) is 2.55. The summed E-state index contributed by atoms with van der Waals surface area (Å²) in [6, 6.07) is 8.53. The average molecular weight is 235 g/mol. The van der Waals surface area contributed by atoms with Crippen LogP contribution in [0.2, 0.25) is 0 Å². The number of Topliss-reactive ketones (excluding diaryl/α,β-unsaturated/α-hetero) is 1. The summed E-state index contributed by atoms with van der Waals surface area (Å²) in [5.41, 5.74) is 0.775. The van der Waals surface area contributed by atoms with Gasteiger partial charge in [0.2, 0.25) is 5.91 Å². The van der Waals surface area contributed by atoms with Gasteiger partial charge in [0.1, 0.15) is 12.1 Å². The van der Waals surface area contributed by atoms with E-state index in [1.54, 1.807) is 6.92 Å². The second-order valence-corrected chi connectivity index (χ2v) is 3.84. The van der Waals surface area contributed by atoms with E-state index in [1.807, 2.05) is 30.3 Å². The van der Waals surface area contributed by atoms with Crippen LogP contribution in [-0.4, -0.2) is 24.9 Å². The topological polar surface area (TPSA) is 55.4 Å². The summed E-state index contributed by atoms with van der Waals surface area (Å²) in [5.74, 6) is -0.399. The van der Waals surface area contributed by atoms with Gasteiger partial charge in [0.05, 0.1) is 0 Å². The Balaban J connectivity index is 2.82. The largest absolute Gasteiger partial charge is 0.372 e. The monoisotopic (exact) mass is 235 g/mol. The van der Waals surface area contributed by atoms with Crippen LogP contribution in [0.25, 0.3) is 0 Å². The molecule has 1 aromatic rings. The van der Waals surface area contributed by atoms with Crippen molar-refractivity contribution in [1.82, 2.24) is 5.32 Å². The van der Waals surface area contributed by atoms with Gasteiger partial charge in [0, 0.05) is 7.11 Å². The van der Waals surface area contributed by atoms with E-state index in [2.05, 4.69) is 5.32 Å². The molecule has 1 amide bonds. The number of ketones is 1. The van der Waals surface area contributed by atoms with E-state index in [0.29, 0.717) is 0 Å². The van der Waals surface area contributed by atoms with Gasteiger partial charge in [-0.1, -0.05) is 30.3 Å². The fourth-order valence-corrected chi connectivity index (χ4v) is 1.43. The minimum Gasteiger partial charge on any atom is -0.372 e. The van der Waals surface area contributed by atoms with Crippen molar-refractivity contribution in [3.05, 3.63) is 35.9 Å². The maximum Gasteiger partial charge on any atom is 0.249 e. The molecule has 2 atom stereocenters. The number of hydrogen-bond acceptors (Lipinski definition) is 3. The van der Waals surface area contributed by atoms with Crippen LogP contribution in [0.5, 0.6) is 0 Å². The third kappa shape index (κ3) is 3.67. The van der Waals surface area contributed by atoms with Gasteiger partial charge in [0.15, 0.2) is 5.78 Å². The highest BCUT2D eigenvalue weighted by Gasteiger charge is 2.21. The van der Waals surface area contributed by atoms with Crippen molar-refractivity contribution in [2.75, 3.05) is 7.11 Å². The first kappa shape index (κ1) is 13.4. The van der Waals surface area contributed by atoms with Gasteiger partial charge < -0.3 is 10.1 Å². The molecule has 0 aromatic heterocycles. The zero-order chi connectivity index (χ0) is 12.8. The molecular formula is C13H17NO3. The third-order valence-corrected chi connectivity index (χ3v) is 2.55. The van der Waals surface area contributed by atoms with Crippen LogP contribution >= 0.6 is 0 Å². The van der Waals surface area contributed by atoms with Gasteiger partial charge >= 0.3 is 0 Å². The molecule has 0 heterocycles. The summed E-state index contributed by atoms with van der Waals surface area (Å²) in [4.78, 5) is 23.2. The Morgan fingerprint density at radius 1 is 1.24 bits per heavy atom. The van der Waals surface area contributed by atoms with Gasteiger partial charge in [0.25, 0.3) is 0 Å². The molecule has 1 N–H and O–H groups in total. The van der Waals surface area contributed by atoms with Crippen molar-refractivity contribution >= 4 is 11.7 Å². The summed E-state index contributed by atoms with van der Waals surface area (Å²) in [6.07, 6.45) is -0.569. The molecule has 92 valence electrons. The quantitative estimate of drug-likeness (QED) is 0.840. The van der Waals surface area contributed by atoms with Crippen LogP contribution in [0.1, 0.15) is 25.5 Å². The lowest BCUT2D eigenvalue weighted by Crippen LogP contribution is -2.39. The minimum absolute atomic E-state index is 0.104. The van der Waals surface area contributed by atoms with Crippen LogP contribution in [0.3, 0.4) is 0 Å². The molecule has 0 bridgehead atoms. The Hall–Kier alpha value is -1.68. The van der Waals surface area contributed by atoms with Crippen molar-refractivity contribution in [2.45, 2.75) is 26.0 Å². The minimum atomic E-state index is -0.610. The molecular weight excluding hydrogens is 218 g/mol. The van der Waals surface area contributed by atoms with E-state index < -0.39 is 12.1 Å². The molecule has 0 radical (unpaired) electrons. The van der Waals surface area contributed by atoms with Crippen molar-refractivity contribution in [3.63, 3.8) is 0 Å². The standard InChI is InChI=1S/C13H17NO3/c1-9(15)12(11-7-5-4-6-8-11)14-13(16)10(2)17-3/h4-8,10,12H,1-3H3,(H,14,16)/t10?,12-/m0/s1. The maximum absolute atomic E-state index is 11.7. The van der Waals surface area contributed by atoms with Gasteiger partial charge in [-0.15, -0.1) is 0 Å². The Kier molecular flexibility index (Phi) is 4.84. The average Bonchev–Trinajstić information content (AvgIpc) is 2.35. The lowest BCUT2D eigenvalue weighted by molar-refractivity contribution is -0.133. The molecule has 1 aromatic carbocycles. The van der Waals surface area contributed by atoms with E-state index in [9.17, 15) is 9.59 Å². The lowest BCUT2D eigenvalue weighted by atomic mass is 10.0. The molecule has 1 rings (SSSR count). The van der Waals surface area contributed by atoms with Crippen molar-refractivity contribution in [2.24, 2.45) is 0 Å². The van der Waals surface area contributed by atoms with Crippen molar-refractivity contribution in [1.29, 1.82) is 0 Å². The Bertz CT molecular complexity index is 389. The molecule has 0 aliphatic carbocycles. The summed E-state index contributed by atoms with van der Waals surface area (Å²) in [6.45, 7) is 3.09. The first-order valence-electron chi connectivity index (χ1n) is 5.44. The highest BCUT2D eigenvalue weighted by Crippen LogP contribution is 2.13. The first-order valence-corrected chi connectivity index (χ1v) is 5.44. The number of benzene rings is 1.